The molecule has 0 saturated heterocycles. The average Bonchev–Trinajstić information content (AvgIpc) is 2.43. The molecule has 0 saturated carbocycles. The van der Waals surface area contributed by atoms with Crippen LogP contribution in [-0.4, -0.2) is 48.6 Å². The zero-order valence-electron chi connectivity index (χ0n) is 12.0. The normalized spacial score (nSPS) is 11.8. The van der Waals surface area contributed by atoms with Gasteiger partial charge in [0.05, 0.1) is 17.9 Å². The fourth-order valence-electron chi connectivity index (χ4n) is 1.93. The molecule has 1 rings (SSSR count). The Morgan fingerprint density at radius 3 is 2.57 bits per heavy atom. The molecule has 1 aromatic carbocycles. The number of benzene rings is 1. The summed E-state index contributed by atoms with van der Waals surface area (Å²) in [5.74, 6) is -1.36. The summed E-state index contributed by atoms with van der Waals surface area (Å²) < 4.78 is 25.9. The maximum atomic E-state index is 12.3. The molecule has 0 atom stereocenters. The minimum atomic E-state index is -3.57. The van der Waals surface area contributed by atoms with Crippen molar-refractivity contribution >= 4 is 16.0 Å². The fourth-order valence-corrected chi connectivity index (χ4v) is 3.48. The third-order valence-corrected chi connectivity index (χ3v) is 4.88. The van der Waals surface area contributed by atoms with Crippen LogP contribution < -0.4 is 0 Å². The first-order chi connectivity index (χ1) is 9.90. The molecule has 0 aliphatic rings. The van der Waals surface area contributed by atoms with E-state index in [9.17, 15) is 13.2 Å². The number of unbranched alkanes of at least 4 members (excludes halogenated alkanes) is 1. The summed E-state index contributed by atoms with van der Waals surface area (Å²) in [6.45, 7) is 2.14. The summed E-state index contributed by atoms with van der Waals surface area (Å²) in [6, 6.07) is 5.88. The number of aliphatic hydroxyl groups is 1. The highest BCUT2D eigenvalue weighted by atomic mass is 32.2. The van der Waals surface area contributed by atoms with Crippen molar-refractivity contribution in [3.63, 3.8) is 0 Å². The van der Waals surface area contributed by atoms with Crippen molar-refractivity contribution in [1.29, 1.82) is 0 Å². The number of carbonyl (C=O) groups is 1. The number of aliphatic hydroxyl groups excluding tert-OH is 1. The molecular weight excluding hydrogens is 294 g/mol. The highest BCUT2D eigenvalue weighted by molar-refractivity contribution is 7.88. The lowest BCUT2D eigenvalue weighted by Crippen LogP contribution is -2.35. The van der Waals surface area contributed by atoms with Crippen LogP contribution in [0.3, 0.4) is 0 Å². The van der Waals surface area contributed by atoms with Crippen molar-refractivity contribution in [2.45, 2.75) is 25.5 Å². The van der Waals surface area contributed by atoms with E-state index in [-0.39, 0.29) is 24.5 Å². The van der Waals surface area contributed by atoms with E-state index < -0.39 is 16.0 Å². The Kier molecular flexibility index (Phi) is 6.80. The minimum Gasteiger partial charge on any atom is -0.478 e. The van der Waals surface area contributed by atoms with E-state index in [1.54, 1.807) is 6.07 Å². The Morgan fingerprint density at radius 2 is 2.00 bits per heavy atom. The summed E-state index contributed by atoms with van der Waals surface area (Å²) >= 11 is 0. The number of rotatable bonds is 9. The molecule has 0 amide bonds. The van der Waals surface area contributed by atoms with Crippen molar-refractivity contribution in [1.82, 2.24) is 4.31 Å². The van der Waals surface area contributed by atoms with Crippen LogP contribution in [0, 0.1) is 0 Å². The number of carboxylic acids is 1. The number of hydrogen-bond donors (Lipinski definition) is 2. The van der Waals surface area contributed by atoms with Gasteiger partial charge in [-0.25, -0.2) is 13.2 Å². The van der Waals surface area contributed by atoms with Crippen LogP contribution in [0.1, 0.15) is 35.7 Å². The van der Waals surface area contributed by atoms with Crippen molar-refractivity contribution in [3.8, 4) is 0 Å². The van der Waals surface area contributed by atoms with E-state index in [1.807, 2.05) is 6.92 Å². The molecule has 0 bridgehead atoms. The van der Waals surface area contributed by atoms with Crippen LogP contribution in [0.5, 0.6) is 0 Å². The van der Waals surface area contributed by atoms with Gasteiger partial charge in [0.1, 0.15) is 0 Å². The van der Waals surface area contributed by atoms with Crippen LogP contribution in [0.15, 0.2) is 24.3 Å². The van der Waals surface area contributed by atoms with Crippen molar-refractivity contribution in [2.75, 3.05) is 19.7 Å². The Hall–Kier alpha value is -1.44. The average molecular weight is 315 g/mol. The van der Waals surface area contributed by atoms with Gasteiger partial charge in [0.25, 0.3) is 0 Å². The van der Waals surface area contributed by atoms with Crippen LogP contribution in [0.4, 0.5) is 0 Å². The summed E-state index contributed by atoms with van der Waals surface area (Å²) in [4.78, 5) is 10.9. The first-order valence-corrected chi connectivity index (χ1v) is 8.42. The molecule has 0 spiro atoms. The van der Waals surface area contributed by atoms with Gasteiger partial charge in [-0.15, -0.1) is 0 Å². The molecule has 0 heterocycles. The van der Waals surface area contributed by atoms with Gasteiger partial charge in [-0.2, -0.15) is 4.31 Å². The highest BCUT2D eigenvalue weighted by Gasteiger charge is 2.21. The molecule has 0 aromatic heterocycles. The van der Waals surface area contributed by atoms with Gasteiger partial charge in [0.15, 0.2) is 0 Å². The number of hydrogen-bond acceptors (Lipinski definition) is 4. The Bertz CT molecular complexity index is 570. The lowest BCUT2D eigenvalue weighted by molar-refractivity contribution is 0.0696. The maximum Gasteiger partial charge on any atom is 0.335 e. The summed E-state index contributed by atoms with van der Waals surface area (Å²) in [5, 5.41) is 17.9. The van der Waals surface area contributed by atoms with E-state index >= 15 is 0 Å². The maximum absolute atomic E-state index is 12.3. The van der Waals surface area contributed by atoms with Crippen molar-refractivity contribution < 1.29 is 23.4 Å². The van der Waals surface area contributed by atoms with Crippen molar-refractivity contribution in [2.24, 2.45) is 0 Å². The number of sulfonamides is 1. The Balaban J connectivity index is 2.91. The van der Waals surface area contributed by atoms with E-state index in [1.165, 1.54) is 22.5 Å². The molecule has 21 heavy (non-hydrogen) atoms. The number of carboxylic acid groups (broad SMARTS) is 1. The molecular formula is C14H21NO5S. The largest absolute Gasteiger partial charge is 0.478 e. The summed E-state index contributed by atoms with van der Waals surface area (Å²) in [5.41, 5.74) is 0.485. The van der Waals surface area contributed by atoms with Crippen LogP contribution in [0.2, 0.25) is 0 Å². The molecule has 0 unspecified atom stereocenters. The quantitative estimate of drug-likeness (QED) is 0.716. The van der Waals surface area contributed by atoms with Gasteiger partial charge >= 0.3 is 5.97 Å². The standard InChI is InChI=1S/C14H21NO5S/c1-2-3-7-15(8-9-16)21(19,20)11-12-5-4-6-13(10-12)14(17)18/h4-6,10,16H,2-3,7-9,11H2,1H3,(H,17,18). The highest BCUT2D eigenvalue weighted by Crippen LogP contribution is 2.13. The summed E-state index contributed by atoms with van der Waals surface area (Å²) in [6.07, 6.45) is 1.57. The van der Waals surface area contributed by atoms with E-state index in [4.69, 9.17) is 10.2 Å². The lowest BCUT2D eigenvalue weighted by atomic mass is 10.1. The molecule has 6 nitrogen and oxygen atoms in total. The van der Waals surface area contributed by atoms with Crippen molar-refractivity contribution in [3.05, 3.63) is 35.4 Å². The predicted molar refractivity (Wildman–Crippen MR) is 79.6 cm³/mol. The topological polar surface area (TPSA) is 94.9 Å². The zero-order chi connectivity index (χ0) is 15.9. The van der Waals surface area contributed by atoms with E-state index in [0.717, 1.165) is 6.42 Å². The molecule has 2 N–H and O–H groups in total. The van der Waals surface area contributed by atoms with Crippen LogP contribution >= 0.6 is 0 Å². The van der Waals surface area contributed by atoms with Gasteiger partial charge < -0.3 is 10.2 Å². The minimum absolute atomic E-state index is 0.0565. The smallest absolute Gasteiger partial charge is 0.335 e. The van der Waals surface area contributed by atoms with Gasteiger partial charge in [-0.1, -0.05) is 25.5 Å². The predicted octanol–water partition coefficient (Wildman–Crippen LogP) is 1.31. The third kappa shape index (κ3) is 5.45. The van der Waals surface area contributed by atoms with Gasteiger partial charge in [0, 0.05) is 13.1 Å². The number of nitrogens with zero attached hydrogens (tertiary/aromatic N) is 1. The molecule has 0 aliphatic heterocycles. The monoisotopic (exact) mass is 315 g/mol. The molecule has 0 radical (unpaired) electrons. The molecule has 118 valence electrons. The number of aromatic carboxylic acids is 1. The SMILES string of the molecule is CCCCN(CCO)S(=O)(=O)Cc1cccc(C(=O)O)c1. The molecule has 0 aliphatic carbocycles. The zero-order valence-corrected chi connectivity index (χ0v) is 12.8. The Morgan fingerprint density at radius 1 is 1.29 bits per heavy atom. The third-order valence-electron chi connectivity index (χ3n) is 3.03. The van der Waals surface area contributed by atoms with Crippen LogP contribution in [0.25, 0.3) is 0 Å². The summed E-state index contributed by atoms with van der Waals surface area (Å²) in [7, 11) is -3.57. The first kappa shape index (κ1) is 17.6. The van der Waals surface area contributed by atoms with Crippen LogP contribution in [-0.2, 0) is 15.8 Å². The van der Waals surface area contributed by atoms with E-state index in [0.29, 0.717) is 18.5 Å². The molecule has 7 heteroatoms. The van der Waals surface area contributed by atoms with Gasteiger partial charge in [0.2, 0.25) is 10.0 Å². The second kappa shape index (κ2) is 8.11. The second-order valence-corrected chi connectivity index (χ2v) is 6.71. The fraction of sp³-hybridized carbons (Fsp3) is 0.500. The lowest BCUT2D eigenvalue weighted by Gasteiger charge is -2.21. The second-order valence-electron chi connectivity index (χ2n) is 4.74. The molecule has 0 fully saturated rings. The van der Waals surface area contributed by atoms with E-state index in [2.05, 4.69) is 0 Å². The first-order valence-electron chi connectivity index (χ1n) is 6.81. The van der Waals surface area contributed by atoms with Gasteiger partial charge in [-0.05, 0) is 24.1 Å². The van der Waals surface area contributed by atoms with Gasteiger partial charge in [-0.3, -0.25) is 0 Å². The molecule has 1 aromatic rings. The Labute approximate surface area is 125 Å².